The largest absolute Gasteiger partial charge is 0.334 e. The number of nitrogens with zero attached hydrogens (tertiary/aromatic N) is 4. The number of amides is 2. The molecule has 2 aromatic carbocycles. The van der Waals surface area contributed by atoms with Crippen LogP contribution in [0.2, 0.25) is 0 Å². The Morgan fingerprint density at radius 3 is 2.85 bits per heavy atom. The molecule has 0 atom stereocenters. The summed E-state index contributed by atoms with van der Waals surface area (Å²) in [7, 11) is 0. The third kappa shape index (κ3) is 3.36. The number of benzene rings is 2. The monoisotopic (exact) mass is 344 g/mol. The van der Waals surface area contributed by atoms with Gasteiger partial charge in [-0.25, -0.2) is 19.7 Å². The first-order valence-electron chi connectivity index (χ1n) is 8.11. The summed E-state index contributed by atoms with van der Waals surface area (Å²) < 4.78 is 1.74. The van der Waals surface area contributed by atoms with Crippen LogP contribution in [0.4, 0.5) is 10.6 Å². The molecule has 2 aromatic heterocycles. The van der Waals surface area contributed by atoms with E-state index in [0.29, 0.717) is 18.2 Å². The minimum absolute atomic E-state index is 0.326. The van der Waals surface area contributed by atoms with Gasteiger partial charge in [0, 0.05) is 25.0 Å². The molecule has 0 saturated heterocycles. The maximum absolute atomic E-state index is 12.2. The van der Waals surface area contributed by atoms with Crippen LogP contribution >= 0.6 is 0 Å². The molecular formula is C19H16N6O. The summed E-state index contributed by atoms with van der Waals surface area (Å²) in [6, 6.07) is 15.5. The summed E-state index contributed by atoms with van der Waals surface area (Å²) in [5, 5.41) is 7.86. The first-order valence-corrected chi connectivity index (χ1v) is 8.11. The van der Waals surface area contributed by atoms with Crippen molar-refractivity contribution < 1.29 is 4.79 Å². The Hall–Kier alpha value is -3.74. The fourth-order valence-electron chi connectivity index (χ4n) is 2.73. The van der Waals surface area contributed by atoms with E-state index < -0.39 is 0 Å². The number of anilines is 1. The van der Waals surface area contributed by atoms with Gasteiger partial charge in [-0.3, -0.25) is 9.88 Å². The van der Waals surface area contributed by atoms with Crippen molar-refractivity contribution in [2.75, 3.05) is 5.32 Å². The number of nitrogens with one attached hydrogen (secondary N) is 2. The summed E-state index contributed by atoms with van der Waals surface area (Å²) in [4.78, 5) is 24.4. The molecule has 128 valence electrons. The molecule has 0 aliphatic rings. The first-order chi connectivity index (χ1) is 12.8. The van der Waals surface area contributed by atoms with Gasteiger partial charge in [-0.1, -0.05) is 42.5 Å². The van der Waals surface area contributed by atoms with E-state index in [4.69, 9.17) is 0 Å². The Bertz CT molecular complexity index is 1040. The Labute approximate surface area is 149 Å². The minimum atomic E-state index is -0.326. The van der Waals surface area contributed by atoms with E-state index in [2.05, 4.69) is 37.7 Å². The zero-order valence-electron chi connectivity index (χ0n) is 13.8. The maximum Gasteiger partial charge on any atom is 0.320 e. The fraction of sp³-hybridized carbons (Fsp3) is 0.0526. The van der Waals surface area contributed by atoms with E-state index in [9.17, 15) is 4.79 Å². The molecule has 7 heteroatoms. The molecular weight excluding hydrogens is 328 g/mol. The van der Waals surface area contributed by atoms with Gasteiger partial charge in [-0.05, 0) is 16.3 Å². The number of carbonyl (C=O) groups is 1. The van der Waals surface area contributed by atoms with Crippen LogP contribution in [-0.2, 0) is 6.54 Å². The summed E-state index contributed by atoms with van der Waals surface area (Å²) in [5.41, 5.74) is 1.06. The molecule has 0 fully saturated rings. The van der Waals surface area contributed by atoms with E-state index in [1.54, 1.807) is 29.4 Å². The third-order valence-corrected chi connectivity index (χ3v) is 3.98. The molecule has 0 aliphatic heterocycles. The second-order valence-electron chi connectivity index (χ2n) is 5.68. The van der Waals surface area contributed by atoms with Crippen molar-refractivity contribution >= 4 is 22.6 Å². The molecule has 7 nitrogen and oxygen atoms in total. The lowest BCUT2D eigenvalue weighted by Crippen LogP contribution is -2.28. The highest BCUT2D eigenvalue weighted by Gasteiger charge is 2.06. The van der Waals surface area contributed by atoms with E-state index in [-0.39, 0.29) is 6.03 Å². The number of urea groups is 1. The predicted octanol–water partition coefficient (Wildman–Crippen LogP) is 3.14. The van der Waals surface area contributed by atoms with Crippen LogP contribution in [0.25, 0.3) is 16.6 Å². The van der Waals surface area contributed by atoms with E-state index in [1.807, 2.05) is 30.3 Å². The minimum Gasteiger partial charge on any atom is -0.334 e. The van der Waals surface area contributed by atoms with Crippen molar-refractivity contribution in [1.29, 1.82) is 0 Å². The van der Waals surface area contributed by atoms with Gasteiger partial charge in [0.05, 0.1) is 0 Å². The van der Waals surface area contributed by atoms with Crippen molar-refractivity contribution in [3.63, 3.8) is 0 Å². The van der Waals surface area contributed by atoms with Gasteiger partial charge in [0.2, 0.25) is 0 Å². The van der Waals surface area contributed by atoms with Crippen LogP contribution in [0.15, 0.2) is 73.6 Å². The summed E-state index contributed by atoms with van der Waals surface area (Å²) in [5.74, 6) is 1.04. The molecule has 0 saturated carbocycles. The second-order valence-corrected chi connectivity index (χ2v) is 5.68. The van der Waals surface area contributed by atoms with Crippen molar-refractivity contribution in [1.82, 2.24) is 24.8 Å². The average molecular weight is 344 g/mol. The van der Waals surface area contributed by atoms with Crippen molar-refractivity contribution in [3.8, 4) is 5.82 Å². The lowest BCUT2D eigenvalue weighted by atomic mass is 10.0. The van der Waals surface area contributed by atoms with Gasteiger partial charge in [-0.15, -0.1) is 0 Å². The number of rotatable bonds is 4. The lowest BCUT2D eigenvalue weighted by molar-refractivity contribution is 0.251. The first kappa shape index (κ1) is 15.8. The fourth-order valence-corrected chi connectivity index (χ4v) is 2.73. The Kier molecular flexibility index (Phi) is 4.26. The summed E-state index contributed by atoms with van der Waals surface area (Å²) in [6.07, 6.45) is 6.46. The zero-order chi connectivity index (χ0) is 17.8. The summed E-state index contributed by atoms with van der Waals surface area (Å²) in [6.45, 7) is 0.423. The molecule has 4 aromatic rings. The second kappa shape index (κ2) is 7.02. The highest BCUT2D eigenvalue weighted by atomic mass is 16.2. The van der Waals surface area contributed by atoms with Crippen molar-refractivity contribution in [3.05, 3.63) is 79.1 Å². The van der Waals surface area contributed by atoms with Crippen LogP contribution in [0.5, 0.6) is 0 Å². The Morgan fingerprint density at radius 1 is 1.08 bits per heavy atom. The number of carbonyl (C=O) groups excluding carboxylic acids is 1. The highest BCUT2D eigenvalue weighted by Crippen LogP contribution is 2.18. The van der Waals surface area contributed by atoms with Gasteiger partial charge in [0.15, 0.2) is 0 Å². The van der Waals surface area contributed by atoms with Gasteiger partial charge in [0.1, 0.15) is 24.3 Å². The molecule has 0 aliphatic carbocycles. The summed E-state index contributed by atoms with van der Waals surface area (Å²) >= 11 is 0. The van der Waals surface area contributed by atoms with Crippen LogP contribution in [0.1, 0.15) is 5.56 Å². The third-order valence-electron chi connectivity index (χ3n) is 3.98. The van der Waals surface area contributed by atoms with Gasteiger partial charge in [-0.2, -0.15) is 0 Å². The van der Waals surface area contributed by atoms with Crippen LogP contribution in [0.3, 0.4) is 0 Å². The van der Waals surface area contributed by atoms with E-state index in [0.717, 1.165) is 16.3 Å². The van der Waals surface area contributed by atoms with Crippen molar-refractivity contribution in [2.24, 2.45) is 0 Å². The SMILES string of the molecule is O=C(NCc1cccc2ccccc12)Nc1cc(-n2ccnc2)ncn1. The van der Waals surface area contributed by atoms with Gasteiger partial charge in [0.25, 0.3) is 0 Å². The molecule has 0 radical (unpaired) electrons. The normalized spacial score (nSPS) is 10.6. The zero-order valence-corrected chi connectivity index (χ0v) is 13.8. The van der Waals surface area contributed by atoms with E-state index in [1.165, 1.54) is 6.33 Å². The molecule has 0 unspecified atom stereocenters. The smallest absolute Gasteiger partial charge is 0.320 e. The number of imidazole rings is 1. The number of hydrogen-bond acceptors (Lipinski definition) is 4. The van der Waals surface area contributed by atoms with Crippen LogP contribution in [0, 0.1) is 0 Å². The standard InChI is InChI=1S/C19H16N6O/c26-19(21-11-15-6-3-5-14-4-1-2-7-16(14)15)24-17-10-18(23-12-22-17)25-9-8-20-13-25/h1-10,12-13H,11H2,(H2,21,22,23,24,26). The molecule has 26 heavy (non-hydrogen) atoms. The average Bonchev–Trinajstić information content (AvgIpc) is 3.21. The number of aromatic nitrogens is 4. The topological polar surface area (TPSA) is 84.7 Å². The molecule has 0 spiro atoms. The molecule has 4 rings (SSSR count). The number of fused-ring (bicyclic) bond motifs is 1. The molecule has 2 N–H and O–H groups in total. The quantitative estimate of drug-likeness (QED) is 0.596. The number of hydrogen-bond donors (Lipinski definition) is 2. The van der Waals surface area contributed by atoms with Crippen LogP contribution in [-0.4, -0.2) is 25.6 Å². The van der Waals surface area contributed by atoms with Crippen LogP contribution < -0.4 is 10.6 Å². The lowest BCUT2D eigenvalue weighted by Gasteiger charge is -2.10. The molecule has 2 heterocycles. The van der Waals surface area contributed by atoms with Crippen molar-refractivity contribution in [2.45, 2.75) is 6.54 Å². The highest BCUT2D eigenvalue weighted by molar-refractivity contribution is 5.89. The Morgan fingerprint density at radius 2 is 1.96 bits per heavy atom. The molecule has 0 bridgehead atoms. The van der Waals surface area contributed by atoms with E-state index >= 15 is 0 Å². The van der Waals surface area contributed by atoms with Gasteiger partial charge >= 0.3 is 6.03 Å². The predicted molar refractivity (Wildman–Crippen MR) is 99.0 cm³/mol. The van der Waals surface area contributed by atoms with Gasteiger partial charge < -0.3 is 5.32 Å². The molecule has 2 amide bonds. The Balaban J connectivity index is 1.44. The maximum atomic E-state index is 12.2.